The number of benzene rings is 1. The number of nitrogens with one attached hydrogen (secondary N) is 1. The van der Waals surface area contributed by atoms with Gasteiger partial charge in [-0.2, -0.15) is 5.10 Å². The average molecular weight is 300 g/mol. The number of aryl methyl sites for hydroxylation is 1. The van der Waals surface area contributed by atoms with E-state index >= 15 is 0 Å². The molecular formula is C13H13F3N3O2+. The Morgan fingerprint density at radius 3 is 2.33 bits per heavy atom. The Balaban J connectivity index is 2.16. The summed E-state index contributed by atoms with van der Waals surface area (Å²) in [5.74, 6) is -0.272. The summed E-state index contributed by atoms with van der Waals surface area (Å²) in [6.07, 6.45) is -4.70. The normalized spacial score (nSPS) is 11.5. The van der Waals surface area contributed by atoms with Crippen molar-refractivity contribution in [3.8, 4) is 5.75 Å². The second-order valence-electron chi connectivity index (χ2n) is 4.54. The maximum absolute atomic E-state index is 12.1. The molecule has 112 valence electrons. The van der Waals surface area contributed by atoms with Crippen molar-refractivity contribution in [1.82, 2.24) is 5.10 Å². The van der Waals surface area contributed by atoms with Crippen LogP contribution in [0.15, 0.2) is 29.4 Å². The summed E-state index contributed by atoms with van der Waals surface area (Å²) in [6.45, 7) is 3.84. The SMILES string of the molecule is Cc1[nH][n+](Cc2ccc(OC(F)(F)F)cc2)c(C)c1N=O. The molecule has 1 heterocycles. The lowest BCUT2D eigenvalue weighted by atomic mass is 10.2. The largest absolute Gasteiger partial charge is 0.573 e. The molecule has 8 heteroatoms. The highest BCUT2D eigenvalue weighted by Gasteiger charge is 2.31. The number of ether oxygens (including phenoxy) is 1. The lowest BCUT2D eigenvalue weighted by Crippen LogP contribution is -2.38. The summed E-state index contributed by atoms with van der Waals surface area (Å²) in [5.41, 5.74) is 2.40. The molecule has 0 saturated heterocycles. The maximum atomic E-state index is 12.1. The third-order valence-electron chi connectivity index (χ3n) is 2.99. The van der Waals surface area contributed by atoms with Gasteiger partial charge in [-0.1, -0.05) is 0 Å². The first-order valence-electron chi connectivity index (χ1n) is 6.07. The van der Waals surface area contributed by atoms with Crippen LogP contribution in [0.5, 0.6) is 5.75 Å². The minimum atomic E-state index is -4.70. The number of nitroso groups, excluding NO2 is 1. The van der Waals surface area contributed by atoms with E-state index in [-0.39, 0.29) is 5.75 Å². The number of aromatic amines is 1. The van der Waals surface area contributed by atoms with Gasteiger partial charge in [0.05, 0.1) is 0 Å². The van der Waals surface area contributed by atoms with Crippen LogP contribution in [-0.4, -0.2) is 11.5 Å². The van der Waals surface area contributed by atoms with Crippen LogP contribution in [0.1, 0.15) is 17.0 Å². The lowest BCUT2D eigenvalue weighted by molar-refractivity contribution is -0.747. The molecule has 1 aromatic carbocycles. The number of nitrogens with zero attached hydrogens (tertiary/aromatic N) is 2. The van der Waals surface area contributed by atoms with Crippen LogP contribution in [0.4, 0.5) is 18.9 Å². The molecule has 0 aliphatic carbocycles. The number of H-pyrrole nitrogens is 1. The molecule has 0 atom stereocenters. The maximum Gasteiger partial charge on any atom is 0.573 e. The molecule has 0 radical (unpaired) electrons. The highest BCUT2D eigenvalue weighted by Crippen LogP contribution is 2.23. The molecule has 1 N–H and O–H groups in total. The van der Waals surface area contributed by atoms with E-state index in [4.69, 9.17) is 0 Å². The Hall–Kier alpha value is -2.38. The van der Waals surface area contributed by atoms with Gasteiger partial charge in [-0.05, 0) is 36.4 Å². The third-order valence-corrected chi connectivity index (χ3v) is 2.99. The zero-order valence-corrected chi connectivity index (χ0v) is 11.4. The molecule has 5 nitrogen and oxygen atoms in total. The van der Waals surface area contributed by atoms with Gasteiger partial charge in [0, 0.05) is 12.5 Å². The Labute approximate surface area is 118 Å². The molecule has 0 amide bonds. The topological polar surface area (TPSA) is 58.3 Å². The van der Waals surface area contributed by atoms with Gasteiger partial charge in [0.15, 0.2) is 6.54 Å². The monoisotopic (exact) mass is 300 g/mol. The van der Waals surface area contributed by atoms with Crippen LogP contribution in [0.25, 0.3) is 0 Å². The molecule has 0 bridgehead atoms. The van der Waals surface area contributed by atoms with Crippen molar-refractivity contribution in [3.05, 3.63) is 46.1 Å². The van der Waals surface area contributed by atoms with Crippen molar-refractivity contribution in [3.63, 3.8) is 0 Å². The molecule has 0 fully saturated rings. The second kappa shape index (κ2) is 5.55. The van der Waals surface area contributed by atoms with Crippen molar-refractivity contribution >= 4 is 5.69 Å². The molecule has 2 aromatic rings. The molecule has 21 heavy (non-hydrogen) atoms. The molecule has 0 aliphatic heterocycles. The smallest absolute Gasteiger partial charge is 0.406 e. The first-order valence-corrected chi connectivity index (χ1v) is 6.07. The average Bonchev–Trinajstić information content (AvgIpc) is 2.65. The van der Waals surface area contributed by atoms with E-state index < -0.39 is 6.36 Å². The van der Waals surface area contributed by atoms with E-state index in [0.29, 0.717) is 23.6 Å². The number of hydrogen-bond acceptors (Lipinski definition) is 3. The highest BCUT2D eigenvalue weighted by atomic mass is 19.4. The first-order chi connectivity index (χ1) is 9.80. The van der Waals surface area contributed by atoms with Gasteiger partial charge >= 0.3 is 6.36 Å². The number of aromatic nitrogens is 2. The van der Waals surface area contributed by atoms with Crippen LogP contribution in [0.2, 0.25) is 0 Å². The number of hydrogen-bond donors (Lipinski definition) is 1. The third kappa shape index (κ3) is 3.59. The minimum Gasteiger partial charge on any atom is -0.406 e. The summed E-state index contributed by atoms with van der Waals surface area (Å²) in [5, 5.41) is 5.92. The van der Waals surface area contributed by atoms with Gasteiger partial charge in [-0.3, -0.25) is 0 Å². The van der Waals surface area contributed by atoms with Gasteiger partial charge in [-0.25, -0.2) is 0 Å². The van der Waals surface area contributed by atoms with Crippen molar-refractivity contribution in [2.75, 3.05) is 0 Å². The summed E-state index contributed by atoms with van der Waals surface area (Å²) in [6, 6.07) is 5.54. The van der Waals surface area contributed by atoms with E-state index in [1.807, 2.05) is 0 Å². The summed E-state index contributed by atoms with van der Waals surface area (Å²) >= 11 is 0. The fourth-order valence-electron chi connectivity index (χ4n) is 2.01. The van der Waals surface area contributed by atoms with Crippen molar-refractivity contribution in [1.29, 1.82) is 0 Å². The van der Waals surface area contributed by atoms with E-state index in [0.717, 1.165) is 5.56 Å². The number of halogens is 3. The highest BCUT2D eigenvalue weighted by molar-refractivity contribution is 5.42. The van der Waals surface area contributed by atoms with Crippen LogP contribution >= 0.6 is 0 Å². The van der Waals surface area contributed by atoms with Crippen LogP contribution in [0, 0.1) is 18.8 Å². The van der Waals surface area contributed by atoms with Crippen molar-refractivity contribution in [2.24, 2.45) is 5.18 Å². The summed E-state index contributed by atoms with van der Waals surface area (Å²) in [7, 11) is 0. The van der Waals surface area contributed by atoms with Gasteiger partial charge in [0.1, 0.15) is 11.4 Å². The Morgan fingerprint density at radius 1 is 1.24 bits per heavy atom. The second-order valence-corrected chi connectivity index (χ2v) is 4.54. The first kappa shape index (κ1) is 15.0. The molecular weight excluding hydrogens is 287 g/mol. The molecule has 2 rings (SSSR count). The van der Waals surface area contributed by atoms with E-state index in [9.17, 15) is 18.1 Å². The van der Waals surface area contributed by atoms with Crippen LogP contribution in [-0.2, 0) is 6.54 Å². The zero-order chi connectivity index (χ0) is 15.6. The summed E-state index contributed by atoms with van der Waals surface area (Å²) < 4.78 is 41.7. The zero-order valence-electron chi connectivity index (χ0n) is 11.4. The predicted octanol–water partition coefficient (Wildman–Crippen LogP) is 3.26. The Kier molecular flexibility index (Phi) is 3.97. The number of rotatable bonds is 4. The molecule has 0 unspecified atom stereocenters. The predicted molar refractivity (Wildman–Crippen MR) is 68.1 cm³/mol. The van der Waals surface area contributed by atoms with E-state index in [1.54, 1.807) is 18.5 Å². The lowest BCUT2D eigenvalue weighted by Gasteiger charge is -2.08. The van der Waals surface area contributed by atoms with Gasteiger partial charge in [0.2, 0.25) is 11.4 Å². The van der Waals surface area contributed by atoms with Crippen molar-refractivity contribution < 1.29 is 22.6 Å². The van der Waals surface area contributed by atoms with E-state index in [1.165, 1.54) is 24.3 Å². The molecule has 1 aromatic heterocycles. The standard InChI is InChI=1S/C13H12F3N3O2/c1-8-12(18-20)9(2)19(17-8)7-10-3-5-11(6-4-10)21-13(14,15)16/h3-6H,7H2,1-2H3/p+1. The molecule has 0 spiro atoms. The molecule has 0 aliphatic rings. The quantitative estimate of drug-likeness (QED) is 0.696. The van der Waals surface area contributed by atoms with E-state index in [2.05, 4.69) is 15.0 Å². The molecule has 0 saturated carbocycles. The van der Waals surface area contributed by atoms with Crippen molar-refractivity contribution in [2.45, 2.75) is 26.8 Å². The van der Waals surface area contributed by atoms with Crippen LogP contribution in [0.3, 0.4) is 0 Å². The Bertz CT molecular complexity index is 648. The van der Waals surface area contributed by atoms with Gasteiger partial charge < -0.3 is 4.74 Å². The summed E-state index contributed by atoms with van der Waals surface area (Å²) in [4.78, 5) is 10.7. The van der Waals surface area contributed by atoms with Gasteiger partial charge in [-0.15, -0.1) is 22.8 Å². The fourth-order valence-corrected chi connectivity index (χ4v) is 2.01. The number of alkyl halides is 3. The minimum absolute atomic E-state index is 0.272. The van der Waals surface area contributed by atoms with Crippen LogP contribution < -0.4 is 9.42 Å². The van der Waals surface area contributed by atoms with Gasteiger partial charge in [0.25, 0.3) is 0 Å². The fraction of sp³-hybridized carbons (Fsp3) is 0.308. The Morgan fingerprint density at radius 2 is 1.86 bits per heavy atom.